The quantitative estimate of drug-likeness (QED) is 0.433. The van der Waals surface area contributed by atoms with E-state index >= 15 is 0 Å². The first-order valence-corrected chi connectivity index (χ1v) is 14.4. The molecule has 3 nitrogen and oxygen atoms in total. The lowest BCUT2D eigenvalue weighted by molar-refractivity contribution is -0.165. The van der Waals surface area contributed by atoms with Gasteiger partial charge in [-0.25, -0.2) is 0 Å². The molecule has 0 unspecified atom stereocenters. The molecule has 5 atom stereocenters. The molecule has 2 aromatic rings. The zero-order valence-electron chi connectivity index (χ0n) is 19.1. The Balaban J connectivity index is 1.64. The third kappa shape index (κ3) is 3.23. The van der Waals surface area contributed by atoms with E-state index in [0.717, 1.165) is 11.8 Å². The van der Waals surface area contributed by atoms with Gasteiger partial charge in [-0.15, -0.1) is 0 Å². The summed E-state index contributed by atoms with van der Waals surface area (Å²) in [7, 11) is -2.63. The summed E-state index contributed by atoms with van der Waals surface area (Å²) in [6.07, 6.45) is 1.25. The molecule has 2 saturated carbocycles. The van der Waals surface area contributed by atoms with E-state index in [4.69, 9.17) is 13.9 Å². The lowest BCUT2D eigenvalue weighted by atomic mass is 10.0. The van der Waals surface area contributed by atoms with E-state index in [2.05, 4.69) is 97.4 Å². The zero-order chi connectivity index (χ0) is 22.1. The van der Waals surface area contributed by atoms with Gasteiger partial charge in [-0.3, -0.25) is 0 Å². The molecule has 31 heavy (non-hydrogen) atoms. The van der Waals surface area contributed by atoms with E-state index in [1.807, 2.05) is 13.8 Å². The molecule has 0 spiro atoms. The summed E-state index contributed by atoms with van der Waals surface area (Å²) in [5, 5.41) is 3.53. The topological polar surface area (TPSA) is 27.7 Å². The molecule has 1 saturated heterocycles. The molecule has 0 radical (unpaired) electrons. The van der Waals surface area contributed by atoms with Crippen LogP contribution in [0.1, 0.15) is 41.0 Å². The maximum absolute atomic E-state index is 7.54. The lowest BCUT2D eigenvalue weighted by Gasteiger charge is -2.45. The number of alkyl halides is 1. The van der Waals surface area contributed by atoms with Crippen molar-refractivity contribution in [1.82, 2.24) is 0 Å². The van der Waals surface area contributed by atoms with Gasteiger partial charge in [-0.05, 0) is 41.6 Å². The molecule has 2 aliphatic carbocycles. The molecule has 166 valence electrons. The fraction of sp³-hybridized carbons (Fsp3) is 0.538. The first kappa shape index (κ1) is 21.8. The first-order valence-electron chi connectivity index (χ1n) is 11.4. The highest BCUT2D eigenvalue weighted by molar-refractivity contribution is 9.09. The van der Waals surface area contributed by atoms with Gasteiger partial charge in [0.25, 0.3) is 8.32 Å². The Hall–Kier alpha value is -0.983. The molecule has 5 heteroatoms. The Kier molecular flexibility index (Phi) is 5.11. The number of hydrogen-bond acceptors (Lipinski definition) is 3. The van der Waals surface area contributed by atoms with Gasteiger partial charge in [0.2, 0.25) is 0 Å². The summed E-state index contributed by atoms with van der Waals surface area (Å²) in [6.45, 7) is 11.1. The second-order valence-corrected chi connectivity index (χ2v) is 15.8. The third-order valence-corrected chi connectivity index (χ3v) is 13.6. The minimum atomic E-state index is -2.63. The van der Waals surface area contributed by atoms with E-state index < -0.39 is 14.1 Å². The van der Waals surface area contributed by atoms with Gasteiger partial charge in [0.15, 0.2) is 5.79 Å². The van der Waals surface area contributed by atoms with Gasteiger partial charge in [-0.1, -0.05) is 97.4 Å². The molecule has 0 aromatic heterocycles. The number of hydrogen-bond donors (Lipinski definition) is 0. The Bertz CT molecular complexity index is 903. The van der Waals surface area contributed by atoms with Crippen molar-refractivity contribution < 1.29 is 13.9 Å². The van der Waals surface area contributed by atoms with Crippen LogP contribution in [0.2, 0.25) is 5.04 Å². The number of ether oxygens (including phenoxy) is 2. The number of fused-ring (bicyclic) bond motifs is 3. The Morgan fingerprint density at radius 2 is 1.52 bits per heavy atom. The monoisotopic (exact) mass is 500 g/mol. The smallest absolute Gasteiger partial charge is 0.261 e. The highest BCUT2D eigenvalue weighted by atomic mass is 79.9. The van der Waals surface area contributed by atoms with E-state index in [1.165, 1.54) is 10.4 Å². The van der Waals surface area contributed by atoms with Crippen LogP contribution in [0.15, 0.2) is 60.7 Å². The van der Waals surface area contributed by atoms with Crippen LogP contribution in [0, 0.1) is 11.3 Å². The van der Waals surface area contributed by atoms with Crippen molar-refractivity contribution in [3.05, 3.63) is 60.7 Å². The highest BCUT2D eigenvalue weighted by Gasteiger charge is 2.76. The maximum atomic E-state index is 7.54. The summed E-state index contributed by atoms with van der Waals surface area (Å²) >= 11 is 3.80. The lowest BCUT2D eigenvalue weighted by Crippen LogP contribution is -2.68. The van der Waals surface area contributed by atoms with Crippen LogP contribution in [0.4, 0.5) is 0 Å². The van der Waals surface area contributed by atoms with Gasteiger partial charge in [-0.2, -0.15) is 0 Å². The van der Waals surface area contributed by atoms with Gasteiger partial charge >= 0.3 is 0 Å². The molecule has 5 rings (SSSR count). The minimum Gasteiger partial charge on any atom is -0.401 e. The van der Waals surface area contributed by atoms with Crippen LogP contribution in [0.25, 0.3) is 0 Å². The van der Waals surface area contributed by atoms with Crippen molar-refractivity contribution in [2.45, 2.75) is 70.2 Å². The third-order valence-electron chi connectivity index (χ3n) is 7.57. The molecular weight excluding hydrogens is 468 g/mol. The number of rotatable bonds is 5. The van der Waals surface area contributed by atoms with Crippen LogP contribution < -0.4 is 10.4 Å². The van der Waals surface area contributed by atoms with Gasteiger partial charge in [0, 0.05) is 10.7 Å². The zero-order valence-corrected chi connectivity index (χ0v) is 21.7. The molecule has 3 aliphatic rings. The normalized spacial score (nSPS) is 33.7. The van der Waals surface area contributed by atoms with Gasteiger partial charge < -0.3 is 13.9 Å². The van der Waals surface area contributed by atoms with Crippen LogP contribution in [0.3, 0.4) is 0 Å². The fourth-order valence-electron chi connectivity index (χ4n) is 6.10. The van der Waals surface area contributed by atoms with Crippen LogP contribution in [-0.4, -0.2) is 37.7 Å². The summed E-state index contributed by atoms with van der Waals surface area (Å²) in [6, 6.07) is 21.8. The van der Waals surface area contributed by atoms with Gasteiger partial charge in [0.05, 0.1) is 12.2 Å². The Morgan fingerprint density at radius 3 is 2.00 bits per heavy atom. The highest BCUT2D eigenvalue weighted by Crippen LogP contribution is 2.69. The van der Waals surface area contributed by atoms with Crippen molar-refractivity contribution in [3.63, 3.8) is 0 Å². The van der Waals surface area contributed by atoms with Crippen LogP contribution in [0.5, 0.6) is 0 Å². The van der Waals surface area contributed by atoms with E-state index in [-0.39, 0.29) is 28.8 Å². The van der Waals surface area contributed by atoms with Crippen molar-refractivity contribution in [1.29, 1.82) is 0 Å². The Morgan fingerprint density at radius 1 is 0.968 bits per heavy atom. The summed E-state index contributed by atoms with van der Waals surface area (Å²) < 4.78 is 20.5. The largest absolute Gasteiger partial charge is 0.401 e. The molecule has 1 aliphatic heterocycles. The SMILES string of the molecule is CC1(C)O[C@H]2[C@@H](O[Si](c3ccccc3)(c3ccccc3)C(C)(C)C)[C@H]3C[C@]3(CBr)[C@H]2O1. The molecule has 0 amide bonds. The van der Waals surface area contributed by atoms with Crippen molar-refractivity contribution in [2.75, 3.05) is 5.33 Å². The maximum Gasteiger partial charge on any atom is 0.261 e. The van der Waals surface area contributed by atoms with Gasteiger partial charge in [0.1, 0.15) is 6.10 Å². The number of halogens is 1. The molecular formula is C26H33BrO3Si. The average molecular weight is 502 g/mol. The summed E-state index contributed by atoms with van der Waals surface area (Å²) in [4.78, 5) is 0. The minimum absolute atomic E-state index is 0.0204. The predicted molar refractivity (Wildman–Crippen MR) is 131 cm³/mol. The van der Waals surface area contributed by atoms with Crippen molar-refractivity contribution in [2.24, 2.45) is 11.3 Å². The average Bonchev–Trinajstić information content (AvgIpc) is 3.31. The molecule has 2 aromatic carbocycles. The second kappa shape index (κ2) is 7.26. The Labute approximate surface area is 195 Å². The van der Waals surface area contributed by atoms with Crippen molar-refractivity contribution in [3.8, 4) is 0 Å². The predicted octanol–water partition coefficient (Wildman–Crippen LogP) is 4.87. The summed E-state index contributed by atoms with van der Waals surface area (Å²) in [5.74, 6) is -0.0925. The summed E-state index contributed by atoms with van der Waals surface area (Å²) in [5.41, 5.74) is 0.133. The standard InChI is InChI=1S/C26H33BrO3Si/c1-24(2,3)31(18-12-8-6-9-13-18,19-14-10-7-11-15-19)30-21-20-16-26(20,17-27)23-22(21)28-25(4,5)29-23/h6-15,20-23H,16-17H2,1-5H3/t20-,21+,22+,23+,26-/m1/s1. The first-order chi connectivity index (χ1) is 14.6. The van der Waals surface area contributed by atoms with E-state index in [9.17, 15) is 0 Å². The number of benzene rings is 2. The fourth-order valence-corrected chi connectivity index (χ4v) is 11.8. The molecule has 3 fully saturated rings. The second-order valence-electron chi connectivity index (χ2n) is 10.9. The molecule has 0 bridgehead atoms. The molecule has 0 N–H and O–H groups in total. The van der Waals surface area contributed by atoms with Crippen LogP contribution >= 0.6 is 15.9 Å². The van der Waals surface area contributed by atoms with Crippen LogP contribution in [-0.2, 0) is 13.9 Å². The molecule has 1 heterocycles. The van der Waals surface area contributed by atoms with E-state index in [1.54, 1.807) is 0 Å². The van der Waals surface area contributed by atoms with E-state index in [0.29, 0.717) is 5.92 Å². The van der Waals surface area contributed by atoms with Crippen molar-refractivity contribution >= 4 is 34.6 Å².